The van der Waals surface area contributed by atoms with Crippen LogP contribution in [0.4, 0.5) is 5.82 Å². The Morgan fingerprint density at radius 3 is 3.06 bits per heavy atom. The third-order valence-electron chi connectivity index (χ3n) is 3.31. The minimum Gasteiger partial charge on any atom is -0.367 e. The van der Waals surface area contributed by atoms with E-state index in [9.17, 15) is 0 Å². The first-order chi connectivity index (χ1) is 8.81. The molecule has 2 unspecified atom stereocenters. The van der Waals surface area contributed by atoms with Crippen LogP contribution in [0.3, 0.4) is 0 Å². The number of piperidine rings is 1. The molecule has 1 saturated heterocycles. The third kappa shape index (κ3) is 2.41. The normalized spacial score (nSPS) is 24.1. The number of nitrogens with zero attached hydrogens (tertiary/aromatic N) is 3. The van der Waals surface area contributed by atoms with Crippen molar-refractivity contribution >= 4 is 17.0 Å². The van der Waals surface area contributed by atoms with E-state index in [1.54, 1.807) is 12.4 Å². The minimum absolute atomic E-state index is 0.489. The number of rotatable bonds is 2. The van der Waals surface area contributed by atoms with Crippen molar-refractivity contribution < 1.29 is 0 Å². The Morgan fingerprint density at radius 2 is 2.17 bits per heavy atom. The van der Waals surface area contributed by atoms with E-state index in [2.05, 4.69) is 32.5 Å². The Labute approximate surface area is 106 Å². The topological polar surface area (TPSA) is 62.7 Å². The maximum Gasteiger partial charge on any atom is 0.180 e. The lowest BCUT2D eigenvalue weighted by Gasteiger charge is -2.29. The Bertz CT molecular complexity index is 542. The zero-order valence-corrected chi connectivity index (χ0v) is 10.4. The van der Waals surface area contributed by atoms with E-state index < -0.39 is 0 Å². The van der Waals surface area contributed by atoms with Crippen molar-refractivity contribution in [1.82, 2.24) is 20.3 Å². The van der Waals surface area contributed by atoms with Crippen molar-refractivity contribution in [2.45, 2.75) is 31.8 Å². The molecule has 1 aliphatic rings. The molecule has 5 heteroatoms. The highest BCUT2D eigenvalue weighted by atomic mass is 15.1. The van der Waals surface area contributed by atoms with Crippen LogP contribution in [0.25, 0.3) is 11.2 Å². The number of hydrogen-bond donors (Lipinski definition) is 2. The molecule has 5 nitrogen and oxygen atoms in total. The molecular weight excluding hydrogens is 226 g/mol. The maximum atomic E-state index is 4.49. The van der Waals surface area contributed by atoms with Gasteiger partial charge in [-0.1, -0.05) is 0 Å². The molecule has 2 aromatic rings. The first-order valence-corrected chi connectivity index (χ1v) is 6.39. The van der Waals surface area contributed by atoms with Gasteiger partial charge in [0.1, 0.15) is 11.3 Å². The molecule has 2 atom stereocenters. The van der Waals surface area contributed by atoms with Crippen LogP contribution in [0, 0.1) is 0 Å². The highest BCUT2D eigenvalue weighted by Crippen LogP contribution is 2.16. The number of pyridine rings is 1. The Kier molecular flexibility index (Phi) is 3.06. The molecule has 18 heavy (non-hydrogen) atoms. The fraction of sp³-hybridized carbons (Fsp3) is 0.462. The van der Waals surface area contributed by atoms with Gasteiger partial charge in [0.2, 0.25) is 0 Å². The maximum absolute atomic E-state index is 4.49. The molecule has 0 aromatic carbocycles. The molecule has 0 spiro atoms. The first kappa shape index (κ1) is 11.3. The van der Waals surface area contributed by atoms with Gasteiger partial charge in [0.05, 0.1) is 0 Å². The molecule has 1 aliphatic heterocycles. The van der Waals surface area contributed by atoms with Crippen LogP contribution < -0.4 is 10.6 Å². The van der Waals surface area contributed by atoms with E-state index in [0.717, 1.165) is 30.7 Å². The summed E-state index contributed by atoms with van der Waals surface area (Å²) in [6.45, 7) is 3.28. The molecule has 3 rings (SSSR count). The predicted octanol–water partition coefficient (Wildman–Crippen LogP) is 1.58. The molecule has 94 valence electrons. The van der Waals surface area contributed by atoms with E-state index in [-0.39, 0.29) is 0 Å². The predicted molar refractivity (Wildman–Crippen MR) is 71.4 cm³/mol. The van der Waals surface area contributed by atoms with Crippen LogP contribution in [0.2, 0.25) is 0 Å². The van der Waals surface area contributed by atoms with E-state index >= 15 is 0 Å². The van der Waals surface area contributed by atoms with Crippen molar-refractivity contribution in [2.24, 2.45) is 0 Å². The molecule has 0 aliphatic carbocycles. The van der Waals surface area contributed by atoms with Gasteiger partial charge in [-0.05, 0) is 38.4 Å². The fourth-order valence-corrected chi connectivity index (χ4v) is 2.41. The van der Waals surface area contributed by atoms with Gasteiger partial charge < -0.3 is 10.6 Å². The van der Waals surface area contributed by atoms with E-state index in [4.69, 9.17) is 0 Å². The van der Waals surface area contributed by atoms with Gasteiger partial charge in [0, 0.05) is 24.5 Å². The van der Waals surface area contributed by atoms with Gasteiger partial charge in [-0.25, -0.2) is 9.97 Å². The first-order valence-electron chi connectivity index (χ1n) is 6.39. The van der Waals surface area contributed by atoms with E-state index in [0.29, 0.717) is 17.7 Å². The largest absolute Gasteiger partial charge is 0.367 e. The van der Waals surface area contributed by atoms with Gasteiger partial charge in [-0.15, -0.1) is 0 Å². The van der Waals surface area contributed by atoms with Gasteiger partial charge in [0.15, 0.2) is 5.65 Å². The fourth-order valence-electron chi connectivity index (χ4n) is 2.41. The Morgan fingerprint density at radius 1 is 1.28 bits per heavy atom. The SMILES string of the molecule is CC1CC(Nc2ccc3nccnc3n2)CCN1. The lowest BCUT2D eigenvalue weighted by molar-refractivity contribution is 0.396. The zero-order chi connectivity index (χ0) is 12.4. The second kappa shape index (κ2) is 4.86. The van der Waals surface area contributed by atoms with Gasteiger partial charge in [-0.2, -0.15) is 0 Å². The molecule has 2 aromatic heterocycles. The summed E-state index contributed by atoms with van der Waals surface area (Å²) in [5, 5.41) is 6.93. The standard InChI is InChI=1S/C13H17N5/c1-9-8-10(4-5-14-9)17-12-3-2-11-13(18-12)16-7-6-15-11/h2-3,6-7,9-10,14H,4-5,8H2,1H3,(H,16,17,18). The smallest absolute Gasteiger partial charge is 0.180 e. The average Bonchev–Trinajstić information content (AvgIpc) is 2.39. The molecule has 0 saturated carbocycles. The summed E-state index contributed by atoms with van der Waals surface area (Å²) in [5.41, 5.74) is 1.53. The highest BCUT2D eigenvalue weighted by Gasteiger charge is 2.18. The number of anilines is 1. The third-order valence-corrected chi connectivity index (χ3v) is 3.31. The molecule has 2 N–H and O–H groups in total. The Hall–Kier alpha value is -1.75. The van der Waals surface area contributed by atoms with E-state index in [1.807, 2.05) is 12.1 Å². The molecule has 0 amide bonds. The van der Waals surface area contributed by atoms with Crippen LogP contribution in [0.5, 0.6) is 0 Å². The molecular formula is C13H17N5. The van der Waals surface area contributed by atoms with Crippen LogP contribution in [-0.4, -0.2) is 33.6 Å². The van der Waals surface area contributed by atoms with Crippen LogP contribution in [0.1, 0.15) is 19.8 Å². The number of hydrogen-bond acceptors (Lipinski definition) is 5. The van der Waals surface area contributed by atoms with Crippen molar-refractivity contribution in [3.8, 4) is 0 Å². The van der Waals surface area contributed by atoms with Crippen molar-refractivity contribution in [1.29, 1.82) is 0 Å². The van der Waals surface area contributed by atoms with Gasteiger partial charge in [-0.3, -0.25) is 4.98 Å². The molecule has 3 heterocycles. The summed E-state index contributed by atoms with van der Waals surface area (Å²) in [5.74, 6) is 0.891. The molecule has 0 radical (unpaired) electrons. The Balaban J connectivity index is 1.78. The average molecular weight is 243 g/mol. The van der Waals surface area contributed by atoms with Crippen molar-refractivity contribution in [2.75, 3.05) is 11.9 Å². The second-order valence-electron chi connectivity index (χ2n) is 4.82. The summed E-state index contributed by atoms with van der Waals surface area (Å²) in [6, 6.07) is 4.99. The monoisotopic (exact) mass is 243 g/mol. The lowest BCUT2D eigenvalue weighted by atomic mass is 10.0. The van der Waals surface area contributed by atoms with Crippen LogP contribution in [0.15, 0.2) is 24.5 Å². The van der Waals surface area contributed by atoms with E-state index in [1.165, 1.54) is 0 Å². The number of fused-ring (bicyclic) bond motifs is 1. The summed E-state index contributed by atoms with van der Waals surface area (Å²) < 4.78 is 0. The second-order valence-corrected chi connectivity index (χ2v) is 4.82. The summed E-state index contributed by atoms with van der Waals surface area (Å²) >= 11 is 0. The highest BCUT2D eigenvalue weighted by molar-refractivity contribution is 5.71. The summed E-state index contributed by atoms with van der Waals surface area (Å²) in [4.78, 5) is 12.9. The van der Waals surface area contributed by atoms with Crippen molar-refractivity contribution in [3.63, 3.8) is 0 Å². The summed E-state index contributed by atoms with van der Waals surface area (Å²) in [6.07, 6.45) is 5.61. The minimum atomic E-state index is 0.489. The van der Waals surface area contributed by atoms with Crippen molar-refractivity contribution in [3.05, 3.63) is 24.5 Å². The lowest BCUT2D eigenvalue weighted by Crippen LogP contribution is -2.41. The molecule has 0 bridgehead atoms. The zero-order valence-electron chi connectivity index (χ0n) is 10.4. The number of nitrogens with one attached hydrogen (secondary N) is 2. The summed E-state index contributed by atoms with van der Waals surface area (Å²) in [7, 11) is 0. The molecule has 1 fully saturated rings. The van der Waals surface area contributed by atoms with Crippen LogP contribution in [-0.2, 0) is 0 Å². The van der Waals surface area contributed by atoms with Gasteiger partial charge in [0.25, 0.3) is 0 Å². The quantitative estimate of drug-likeness (QED) is 0.838. The van der Waals surface area contributed by atoms with Gasteiger partial charge >= 0.3 is 0 Å². The van der Waals surface area contributed by atoms with Crippen LogP contribution >= 0.6 is 0 Å². The number of aromatic nitrogens is 3.